The molecule has 144 valence electrons. The number of aliphatic hydroxyl groups is 1. The number of aromatic nitrogens is 4. The second-order valence-electron chi connectivity index (χ2n) is 6.77. The van der Waals surface area contributed by atoms with Crippen LogP contribution in [-0.4, -0.2) is 37.3 Å². The summed E-state index contributed by atoms with van der Waals surface area (Å²) in [4.78, 5) is 13.7. The van der Waals surface area contributed by atoms with Gasteiger partial charge in [0.15, 0.2) is 17.0 Å². The van der Waals surface area contributed by atoms with Crippen LogP contribution in [0.4, 0.5) is 17.7 Å². The fourth-order valence-corrected chi connectivity index (χ4v) is 2.93. The molecule has 0 fully saturated rings. The van der Waals surface area contributed by atoms with E-state index in [9.17, 15) is 5.11 Å². The minimum Gasteiger partial charge on any atom is -0.394 e. The van der Waals surface area contributed by atoms with Gasteiger partial charge in [-0.1, -0.05) is 37.3 Å². The van der Waals surface area contributed by atoms with Crippen molar-refractivity contribution >= 4 is 28.9 Å². The normalized spacial score (nSPS) is 12.5. The molecule has 0 aliphatic heterocycles. The van der Waals surface area contributed by atoms with Gasteiger partial charge >= 0.3 is 0 Å². The molecule has 8 nitrogen and oxygen atoms in total. The van der Waals surface area contributed by atoms with Gasteiger partial charge in [0.1, 0.15) is 0 Å². The second-order valence-corrected chi connectivity index (χ2v) is 6.77. The van der Waals surface area contributed by atoms with Crippen molar-refractivity contribution in [2.24, 2.45) is 0 Å². The zero-order valence-electron chi connectivity index (χ0n) is 16.0. The zero-order chi connectivity index (χ0) is 19.4. The van der Waals surface area contributed by atoms with Crippen molar-refractivity contribution in [3.63, 3.8) is 0 Å². The van der Waals surface area contributed by atoms with Crippen molar-refractivity contribution in [2.75, 3.05) is 23.0 Å². The number of nitrogens with two attached hydrogens (primary N) is 1. The van der Waals surface area contributed by atoms with Crippen LogP contribution < -0.4 is 16.4 Å². The third-order valence-electron chi connectivity index (χ3n) is 4.43. The van der Waals surface area contributed by atoms with Gasteiger partial charge in [-0.2, -0.15) is 9.97 Å². The molecule has 1 aromatic carbocycles. The Morgan fingerprint density at radius 1 is 1.15 bits per heavy atom. The third-order valence-corrected chi connectivity index (χ3v) is 4.43. The molecule has 0 amide bonds. The van der Waals surface area contributed by atoms with Crippen molar-refractivity contribution in [3.05, 3.63) is 35.9 Å². The molecule has 27 heavy (non-hydrogen) atoms. The van der Waals surface area contributed by atoms with Crippen molar-refractivity contribution in [1.82, 2.24) is 19.5 Å². The number of nitrogens with zero attached hydrogens (tertiary/aromatic N) is 4. The summed E-state index contributed by atoms with van der Waals surface area (Å²) in [6.07, 6.45) is 0.760. The number of fused-ring (bicyclic) bond motifs is 1. The average molecular weight is 369 g/mol. The topological polar surface area (TPSA) is 114 Å². The molecular formula is C19H27N7O. The Kier molecular flexibility index (Phi) is 5.75. The van der Waals surface area contributed by atoms with Crippen LogP contribution in [0.25, 0.3) is 11.2 Å². The number of imidazole rings is 1. The highest BCUT2D eigenvalue weighted by Crippen LogP contribution is 2.27. The molecule has 0 spiro atoms. The lowest BCUT2D eigenvalue weighted by atomic mass is 10.2. The van der Waals surface area contributed by atoms with Gasteiger partial charge in [-0.05, 0) is 25.8 Å². The van der Waals surface area contributed by atoms with Gasteiger partial charge in [-0.15, -0.1) is 0 Å². The first-order chi connectivity index (χ1) is 13.0. The van der Waals surface area contributed by atoms with Crippen LogP contribution in [0.15, 0.2) is 30.3 Å². The van der Waals surface area contributed by atoms with Crippen molar-refractivity contribution in [1.29, 1.82) is 0 Å². The van der Waals surface area contributed by atoms with E-state index in [1.807, 2.05) is 55.7 Å². The molecule has 3 aromatic rings. The lowest BCUT2D eigenvalue weighted by molar-refractivity contribution is 0.271. The van der Waals surface area contributed by atoms with Gasteiger partial charge in [-0.25, -0.2) is 4.98 Å². The minimum atomic E-state index is -0.114. The van der Waals surface area contributed by atoms with Crippen molar-refractivity contribution in [3.8, 4) is 0 Å². The van der Waals surface area contributed by atoms with E-state index < -0.39 is 0 Å². The average Bonchev–Trinajstić information content (AvgIpc) is 3.01. The fourth-order valence-electron chi connectivity index (χ4n) is 2.93. The van der Waals surface area contributed by atoms with Gasteiger partial charge in [0.2, 0.25) is 11.9 Å². The van der Waals surface area contributed by atoms with E-state index >= 15 is 0 Å². The maximum atomic E-state index is 9.50. The van der Waals surface area contributed by atoms with Gasteiger partial charge in [0.25, 0.3) is 0 Å². The van der Waals surface area contributed by atoms with Gasteiger partial charge in [0.05, 0.1) is 12.6 Å². The van der Waals surface area contributed by atoms with Gasteiger partial charge in [0, 0.05) is 12.6 Å². The van der Waals surface area contributed by atoms with Crippen LogP contribution in [-0.2, 0) is 6.54 Å². The number of hydrogen-bond acceptors (Lipinski definition) is 7. The highest BCUT2D eigenvalue weighted by atomic mass is 16.3. The molecule has 0 saturated carbocycles. The van der Waals surface area contributed by atoms with E-state index in [1.165, 1.54) is 0 Å². The highest BCUT2D eigenvalue weighted by molar-refractivity contribution is 5.86. The molecule has 3 rings (SSSR count). The van der Waals surface area contributed by atoms with Gasteiger partial charge < -0.3 is 21.5 Å². The number of aliphatic hydroxyl groups excluding tert-OH is 1. The largest absolute Gasteiger partial charge is 0.394 e. The minimum absolute atomic E-state index is 0.0102. The number of benzene rings is 1. The Hall–Kier alpha value is -2.87. The number of nitrogens with one attached hydrogen (secondary N) is 2. The van der Waals surface area contributed by atoms with Crippen molar-refractivity contribution < 1.29 is 5.11 Å². The number of rotatable bonds is 8. The first-order valence-corrected chi connectivity index (χ1v) is 9.24. The molecule has 0 bridgehead atoms. The van der Waals surface area contributed by atoms with Crippen LogP contribution in [0, 0.1) is 0 Å². The van der Waals surface area contributed by atoms with E-state index in [4.69, 9.17) is 5.73 Å². The van der Waals surface area contributed by atoms with E-state index in [-0.39, 0.29) is 18.7 Å². The van der Waals surface area contributed by atoms with Crippen LogP contribution in [0.1, 0.15) is 38.8 Å². The summed E-state index contributed by atoms with van der Waals surface area (Å²) in [5.41, 5.74) is 8.57. The molecule has 2 aromatic heterocycles. The Morgan fingerprint density at radius 3 is 2.52 bits per heavy atom. The predicted octanol–water partition coefficient (Wildman–Crippen LogP) is 2.78. The lowest BCUT2D eigenvalue weighted by Crippen LogP contribution is -2.24. The SMILES string of the molecule is CC[C@H](CO)Nc1nc(NCc2ccccc2)c2nc(N)n(C(C)C)c2n1. The van der Waals surface area contributed by atoms with Crippen LogP contribution in [0.3, 0.4) is 0 Å². The summed E-state index contributed by atoms with van der Waals surface area (Å²) >= 11 is 0. The number of nitrogen functional groups attached to an aromatic ring is 1. The number of hydrogen-bond donors (Lipinski definition) is 4. The first-order valence-electron chi connectivity index (χ1n) is 9.24. The molecular weight excluding hydrogens is 342 g/mol. The van der Waals surface area contributed by atoms with E-state index in [0.717, 1.165) is 12.0 Å². The Bertz CT molecular complexity index is 888. The summed E-state index contributed by atoms with van der Waals surface area (Å²) in [5.74, 6) is 1.47. The molecule has 2 heterocycles. The molecule has 0 saturated heterocycles. The summed E-state index contributed by atoms with van der Waals surface area (Å²) in [6.45, 7) is 6.68. The second kappa shape index (κ2) is 8.22. The number of anilines is 3. The maximum absolute atomic E-state index is 9.50. The van der Waals surface area contributed by atoms with E-state index in [1.54, 1.807) is 0 Å². The zero-order valence-corrected chi connectivity index (χ0v) is 16.0. The molecule has 1 atom stereocenters. The molecule has 0 unspecified atom stereocenters. The molecule has 0 radical (unpaired) electrons. The standard InChI is InChI=1S/C19H27N7O/c1-4-14(11-27)22-19-24-16(21-10-13-8-6-5-7-9-13)15-17(25-19)26(12(2)3)18(20)23-15/h5-9,12,14,27H,4,10-11H2,1-3H3,(H2,20,23)(H2,21,22,24,25)/t14-/m1/s1. The molecule has 0 aliphatic carbocycles. The fraction of sp³-hybridized carbons (Fsp3) is 0.421. The Balaban J connectivity index is 2.02. The quantitative estimate of drug-likeness (QED) is 0.483. The summed E-state index contributed by atoms with van der Waals surface area (Å²) in [6, 6.07) is 10.1. The van der Waals surface area contributed by atoms with Gasteiger partial charge in [-0.3, -0.25) is 4.57 Å². The smallest absolute Gasteiger partial charge is 0.227 e. The van der Waals surface area contributed by atoms with Crippen LogP contribution in [0.2, 0.25) is 0 Å². The lowest BCUT2D eigenvalue weighted by Gasteiger charge is -2.16. The summed E-state index contributed by atoms with van der Waals surface area (Å²) in [7, 11) is 0. The third kappa shape index (κ3) is 4.11. The van der Waals surface area contributed by atoms with Crippen LogP contribution in [0.5, 0.6) is 0 Å². The summed E-state index contributed by atoms with van der Waals surface area (Å²) in [5, 5.41) is 16.0. The Morgan fingerprint density at radius 2 is 1.89 bits per heavy atom. The van der Waals surface area contributed by atoms with E-state index in [2.05, 4.69) is 25.6 Å². The summed E-state index contributed by atoms with van der Waals surface area (Å²) < 4.78 is 1.88. The molecule has 0 aliphatic rings. The first kappa shape index (κ1) is 18.9. The molecule has 8 heteroatoms. The monoisotopic (exact) mass is 369 g/mol. The maximum Gasteiger partial charge on any atom is 0.227 e. The molecule has 5 N–H and O–H groups in total. The van der Waals surface area contributed by atoms with Crippen molar-refractivity contribution in [2.45, 2.75) is 45.8 Å². The highest BCUT2D eigenvalue weighted by Gasteiger charge is 2.19. The van der Waals surface area contributed by atoms with Crippen LogP contribution >= 0.6 is 0 Å². The Labute approximate surface area is 158 Å². The van der Waals surface area contributed by atoms with E-state index in [0.29, 0.717) is 35.4 Å². The predicted molar refractivity (Wildman–Crippen MR) is 109 cm³/mol.